The molecule has 0 spiro atoms. The lowest BCUT2D eigenvalue weighted by molar-refractivity contribution is -0.137. The highest BCUT2D eigenvalue weighted by Gasteiger charge is 2.32. The van der Waals surface area contributed by atoms with Gasteiger partial charge in [0, 0.05) is 25.8 Å². The molecule has 1 amide bonds. The molecule has 2 N–H and O–H groups in total. The molecule has 1 aromatic rings. The van der Waals surface area contributed by atoms with Gasteiger partial charge in [0.2, 0.25) is 5.91 Å². The van der Waals surface area contributed by atoms with Crippen molar-refractivity contribution in [1.82, 2.24) is 5.32 Å². The van der Waals surface area contributed by atoms with Crippen LogP contribution >= 0.6 is 0 Å². The van der Waals surface area contributed by atoms with Crippen LogP contribution < -0.4 is 10.6 Å². The van der Waals surface area contributed by atoms with Crippen LogP contribution in [0.2, 0.25) is 0 Å². The number of anilines is 1. The Labute approximate surface area is 124 Å². The van der Waals surface area contributed by atoms with Gasteiger partial charge in [0.15, 0.2) is 5.78 Å². The molecule has 0 saturated carbocycles. The molecule has 0 bridgehead atoms. The molecule has 1 aliphatic heterocycles. The number of amides is 1. The predicted molar refractivity (Wildman–Crippen MR) is 72.3 cm³/mol. The van der Waals surface area contributed by atoms with Gasteiger partial charge in [-0.3, -0.25) is 9.59 Å². The number of piperidine rings is 1. The first-order valence-corrected chi connectivity index (χ1v) is 6.58. The normalized spacial score (nSPS) is 22.5. The highest BCUT2D eigenvalue weighted by molar-refractivity contribution is 5.99. The number of halogens is 3. The zero-order valence-corrected chi connectivity index (χ0v) is 11.7. The van der Waals surface area contributed by atoms with E-state index in [2.05, 4.69) is 10.6 Å². The average Bonchev–Trinajstić information content (AvgIpc) is 2.46. The van der Waals surface area contributed by atoms with Crippen molar-refractivity contribution in [3.05, 3.63) is 29.8 Å². The van der Waals surface area contributed by atoms with Crippen LogP contribution in [0, 0.1) is 0 Å². The number of carbonyl (C=O) groups excluding carboxylic acids is 2. The van der Waals surface area contributed by atoms with Crippen molar-refractivity contribution >= 4 is 17.4 Å². The summed E-state index contributed by atoms with van der Waals surface area (Å²) in [6.45, 7) is 0.223. The first-order valence-electron chi connectivity index (χ1n) is 6.58. The summed E-state index contributed by atoms with van der Waals surface area (Å²) in [5.41, 5.74) is -0.555. The quantitative estimate of drug-likeness (QED) is 0.889. The van der Waals surface area contributed by atoms with Gasteiger partial charge < -0.3 is 15.4 Å². The summed E-state index contributed by atoms with van der Waals surface area (Å²) in [5.74, 6) is -0.656. The molecule has 1 heterocycles. The molecular formula is C14H15F3N2O3. The molecule has 0 radical (unpaired) electrons. The minimum atomic E-state index is -4.42. The summed E-state index contributed by atoms with van der Waals surface area (Å²) in [6, 6.07) is 3.39. The van der Waals surface area contributed by atoms with Crippen molar-refractivity contribution in [1.29, 1.82) is 0 Å². The van der Waals surface area contributed by atoms with E-state index < -0.39 is 29.8 Å². The lowest BCUT2D eigenvalue weighted by atomic mass is 10.0. The summed E-state index contributed by atoms with van der Waals surface area (Å²) >= 11 is 0. The maximum atomic E-state index is 12.4. The number of Topliss-reactive ketones (excluding diaryl/α,β-unsaturated/α-hetero) is 1. The summed E-state index contributed by atoms with van der Waals surface area (Å²) in [4.78, 5) is 23.7. The van der Waals surface area contributed by atoms with Gasteiger partial charge in [0.1, 0.15) is 6.10 Å². The van der Waals surface area contributed by atoms with Gasteiger partial charge in [-0.05, 0) is 24.3 Å². The fourth-order valence-corrected chi connectivity index (χ4v) is 2.14. The van der Waals surface area contributed by atoms with Crippen molar-refractivity contribution in [2.45, 2.75) is 24.7 Å². The molecule has 1 fully saturated rings. The first-order chi connectivity index (χ1) is 10.3. The van der Waals surface area contributed by atoms with Crippen LogP contribution in [-0.4, -0.2) is 37.5 Å². The third-order valence-corrected chi connectivity index (χ3v) is 3.39. The number of hydrogen-bond acceptors (Lipinski definition) is 4. The van der Waals surface area contributed by atoms with Crippen molar-refractivity contribution < 1.29 is 27.5 Å². The Morgan fingerprint density at radius 1 is 1.32 bits per heavy atom. The monoisotopic (exact) mass is 316 g/mol. The zero-order chi connectivity index (χ0) is 16.3. The predicted octanol–water partition coefficient (Wildman–Crippen LogP) is 1.59. The number of benzene rings is 1. The minimum absolute atomic E-state index is 0.0228. The summed E-state index contributed by atoms with van der Waals surface area (Å²) in [5, 5.41) is 5.35. The Hall–Kier alpha value is -1.93. The highest BCUT2D eigenvalue weighted by Crippen LogP contribution is 2.29. The van der Waals surface area contributed by atoms with Gasteiger partial charge in [-0.1, -0.05) is 0 Å². The summed E-state index contributed by atoms with van der Waals surface area (Å²) < 4.78 is 42.3. The molecule has 2 rings (SSSR count). The van der Waals surface area contributed by atoms with E-state index in [4.69, 9.17) is 4.74 Å². The van der Waals surface area contributed by atoms with E-state index >= 15 is 0 Å². The molecule has 0 aliphatic carbocycles. The Kier molecular flexibility index (Phi) is 4.82. The lowest BCUT2D eigenvalue weighted by Gasteiger charge is -2.27. The molecule has 2 unspecified atom stereocenters. The van der Waals surface area contributed by atoms with E-state index in [1.54, 1.807) is 0 Å². The molecule has 8 heteroatoms. The molecule has 2 atom stereocenters. The third-order valence-electron chi connectivity index (χ3n) is 3.39. The second-order valence-electron chi connectivity index (χ2n) is 4.92. The third kappa shape index (κ3) is 3.83. The first kappa shape index (κ1) is 16.4. The Bertz CT molecular complexity index is 557. The van der Waals surface area contributed by atoms with Crippen LogP contribution in [0.5, 0.6) is 0 Å². The van der Waals surface area contributed by atoms with Crippen LogP contribution in [0.1, 0.15) is 12.0 Å². The van der Waals surface area contributed by atoms with E-state index in [1.807, 2.05) is 0 Å². The number of hydrogen-bond donors (Lipinski definition) is 2. The minimum Gasteiger partial charge on any atom is -0.372 e. The van der Waals surface area contributed by atoms with Gasteiger partial charge in [0.25, 0.3) is 0 Å². The summed E-state index contributed by atoms with van der Waals surface area (Å²) in [7, 11) is 1.41. The van der Waals surface area contributed by atoms with Crippen LogP contribution in [0.3, 0.4) is 0 Å². The lowest BCUT2D eigenvalue weighted by Crippen LogP contribution is -2.53. The van der Waals surface area contributed by atoms with E-state index in [-0.39, 0.29) is 24.4 Å². The van der Waals surface area contributed by atoms with Gasteiger partial charge >= 0.3 is 6.18 Å². The molecule has 1 saturated heterocycles. The van der Waals surface area contributed by atoms with Crippen molar-refractivity contribution in [3.63, 3.8) is 0 Å². The van der Waals surface area contributed by atoms with E-state index in [0.29, 0.717) is 0 Å². The van der Waals surface area contributed by atoms with Crippen molar-refractivity contribution in [3.8, 4) is 0 Å². The summed E-state index contributed by atoms with van der Waals surface area (Å²) in [6.07, 6.45) is -5.02. The van der Waals surface area contributed by atoms with E-state index in [0.717, 1.165) is 12.1 Å². The molecule has 120 valence electrons. The van der Waals surface area contributed by atoms with Crippen molar-refractivity contribution in [2.24, 2.45) is 0 Å². The molecule has 5 nitrogen and oxygen atoms in total. The largest absolute Gasteiger partial charge is 0.416 e. The van der Waals surface area contributed by atoms with E-state index in [1.165, 1.54) is 19.2 Å². The number of methoxy groups -OCH3 is 1. The Morgan fingerprint density at radius 3 is 2.45 bits per heavy atom. The number of alkyl halides is 3. The van der Waals surface area contributed by atoms with Crippen LogP contribution in [-0.2, 0) is 20.5 Å². The highest BCUT2D eigenvalue weighted by atomic mass is 19.4. The number of ketones is 1. The number of nitrogens with one attached hydrogen (secondary N) is 2. The fourth-order valence-electron chi connectivity index (χ4n) is 2.14. The zero-order valence-electron chi connectivity index (χ0n) is 11.7. The Morgan fingerprint density at radius 2 is 1.95 bits per heavy atom. The molecule has 1 aromatic carbocycles. The fraction of sp³-hybridized carbons (Fsp3) is 0.429. The van der Waals surface area contributed by atoms with Gasteiger partial charge in [-0.2, -0.15) is 13.2 Å². The van der Waals surface area contributed by atoms with Gasteiger partial charge in [-0.15, -0.1) is 0 Å². The Balaban J connectivity index is 1.96. The second-order valence-corrected chi connectivity index (χ2v) is 4.92. The van der Waals surface area contributed by atoms with Crippen LogP contribution in [0.25, 0.3) is 0 Å². The smallest absolute Gasteiger partial charge is 0.372 e. The second kappa shape index (κ2) is 6.45. The van der Waals surface area contributed by atoms with Gasteiger partial charge in [0.05, 0.1) is 11.6 Å². The van der Waals surface area contributed by atoms with Crippen LogP contribution in [0.15, 0.2) is 24.3 Å². The van der Waals surface area contributed by atoms with Gasteiger partial charge in [-0.25, -0.2) is 0 Å². The molecule has 0 aromatic heterocycles. The van der Waals surface area contributed by atoms with Crippen LogP contribution in [0.4, 0.5) is 18.9 Å². The maximum absolute atomic E-state index is 12.4. The average molecular weight is 316 g/mol. The maximum Gasteiger partial charge on any atom is 0.416 e. The standard InChI is InChI=1S/C14H15F3N2O3/c1-22-12-7-18-10(6-11(12)20)13(21)19-9-4-2-8(3-5-9)14(15,16)17/h2-5,10,12,18H,6-7H2,1H3,(H,19,21). The molecule has 22 heavy (non-hydrogen) atoms. The molecular weight excluding hydrogens is 301 g/mol. The topological polar surface area (TPSA) is 67.4 Å². The number of carbonyl (C=O) groups is 2. The number of ether oxygens (including phenoxy) is 1. The van der Waals surface area contributed by atoms with Crippen molar-refractivity contribution in [2.75, 3.05) is 19.0 Å². The SMILES string of the molecule is COC1CNC(C(=O)Nc2ccc(C(F)(F)F)cc2)CC1=O. The molecule has 1 aliphatic rings. The van der Waals surface area contributed by atoms with E-state index in [9.17, 15) is 22.8 Å². The number of rotatable bonds is 3.